The van der Waals surface area contributed by atoms with Gasteiger partial charge in [0, 0.05) is 26.1 Å². The zero-order valence-corrected chi connectivity index (χ0v) is 16.9. The number of sulfonamides is 1. The first-order chi connectivity index (χ1) is 13.3. The maximum Gasteiger partial charge on any atom is 0.242 e. The highest BCUT2D eigenvalue weighted by molar-refractivity contribution is 7.89. The second-order valence-corrected chi connectivity index (χ2v) is 9.15. The van der Waals surface area contributed by atoms with Gasteiger partial charge in [-0.3, -0.25) is 4.79 Å². The van der Waals surface area contributed by atoms with Gasteiger partial charge in [-0.15, -0.1) is 0 Å². The fourth-order valence-corrected chi connectivity index (χ4v) is 4.45. The Labute approximate surface area is 165 Å². The summed E-state index contributed by atoms with van der Waals surface area (Å²) in [7, 11) is -2.24. The van der Waals surface area contributed by atoms with Crippen molar-refractivity contribution in [1.82, 2.24) is 9.21 Å². The van der Waals surface area contributed by atoms with Crippen molar-refractivity contribution in [2.75, 3.05) is 13.6 Å². The Balaban J connectivity index is 1.57. The number of amides is 1. The number of hydrogen-bond acceptors (Lipinski definition) is 4. The molecular formula is C20H25FN2O4S. The fraction of sp³-hybridized carbons (Fsp3) is 0.450. The minimum Gasteiger partial charge on any atom is -0.467 e. The molecule has 0 radical (unpaired) electrons. The monoisotopic (exact) mass is 408 g/mol. The maximum atomic E-state index is 13.0. The number of benzene rings is 1. The zero-order chi connectivity index (χ0) is 20.3. The third-order valence-corrected chi connectivity index (χ3v) is 6.86. The Morgan fingerprint density at radius 1 is 1.25 bits per heavy atom. The molecule has 1 atom stereocenters. The van der Waals surface area contributed by atoms with Gasteiger partial charge in [0.25, 0.3) is 0 Å². The third kappa shape index (κ3) is 4.62. The molecule has 1 aromatic carbocycles. The van der Waals surface area contributed by atoms with Crippen LogP contribution in [0.25, 0.3) is 0 Å². The molecule has 0 aliphatic heterocycles. The van der Waals surface area contributed by atoms with Crippen molar-refractivity contribution >= 4 is 15.9 Å². The van der Waals surface area contributed by atoms with Crippen LogP contribution in [-0.4, -0.2) is 43.2 Å². The molecule has 8 heteroatoms. The summed E-state index contributed by atoms with van der Waals surface area (Å²) in [4.78, 5) is 14.7. The van der Waals surface area contributed by atoms with E-state index in [0.29, 0.717) is 6.42 Å². The molecule has 1 aliphatic carbocycles. The van der Waals surface area contributed by atoms with E-state index in [2.05, 4.69) is 0 Å². The molecule has 1 amide bonds. The summed E-state index contributed by atoms with van der Waals surface area (Å²) >= 11 is 0. The largest absolute Gasteiger partial charge is 0.467 e. The lowest BCUT2D eigenvalue weighted by atomic mass is 10.1. The lowest BCUT2D eigenvalue weighted by molar-refractivity contribution is -0.134. The first kappa shape index (κ1) is 20.5. The van der Waals surface area contributed by atoms with Crippen LogP contribution in [-0.2, 0) is 14.8 Å². The molecule has 6 nitrogen and oxygen atoms in total. The predicted molar refractivity (Wildman–Crippen MR) is 102 cm³/mol. The van der Waals surface area contributed by atoms with Crippen molar-refractivity contribution in [2.45, 2.75) is 49.6 Å². The molecule has 3 rings (SSSR count). The van der Waals surface area contributed by atoms with Gasteiger partial charge in [0.1, 0.15) is 11.6 Å². The van der Waals surface area contributed by atoms with Gasteiger partial charge in [-0.1, -0.05) is 0 Å². The highest BCUT2D eigenvalue weighted by atomic mass is 32.2. The molecule has 1 saturated carbocycles. The van der Waals surface area contributed by atoms with E-state index in [0.717, 1.165) is 30.7 Å². The highest BCUT2D eigenvalue weighted by Gasteiger charge is 2.36. The highest BCUT2D eigenvalue weighted by Crippen LogP contribution is 2.35. The predicted octanol–water partition coefficient (Wildman–Crippen LogP) is 3.57. The summed E-state index contributed by atoms with van der Waals surface area (Å²) < 4.78 is 44.7. The van der Waals surface area contributed by atoms with E-state index in [1.807, 2.05) is 17.9 Å². The summed E-state index contributed by atoms with van der Waals surface area (Å²) in [6.45, 7) is 2.15. The second kappa shape index (κ2) is 8.45. The van der Waals surface area contributed by atoms with E-state index in [1.165, 1.54) is 23.5 Å². The Morgan fingerprint density at radius 2 is 1.93 bits per heavy atom. The molecule has 0 bridgehead atoms. The van der Waals surface area contributed by atoms with Crippen LogP contribution in [0.4, 0.5) is 4.39 Å². The van der Waals surface area contributed by atoms with Crippen molar-refractivity contribution in [3.63, 3.8) is 0 Å². The van der Waals surface area contributed by atoms with Gasteiger partial charge < -0.3 is 9.32 Å². The first-order valence-corrected chi connectivity index (χ1v) is 10.8. The Morgan fingerprint density at radius 3 is 2.50 bits per heavy atom. The first-order valence-electron chi connectivity index (χ1n) is 9.37. The molecule has 0 spiro atoms. The SMILES string of the molecule is CC(c1ccco1)N(C(=O)CCCN(C)S(=O)(=O)c1ccc(F)cc1)C1CC1. The van der Waals surface area contributed by atoms with E-state index < -0.39 is 15.8 Å². The van der Waals surface area contributed by atoms with Gasteiger partial charge in [-0.2, -0.15) is 0 Å². The molecule has 0 saturated heterocycles. The summed E-state index contributed by atoms with van der Waals surface area (Å²) in [5.74, 6) is 0.258. The van der Waals surface area contributed by atoms with Crippen LogP contribution in [0.1, 0.15) is 44.4 Å². The van der Waals surface area contributed by atoms with Gasteiger partial charge in [0.15, 0.2) is 0 Å². The molecule has 28 heavy (non-hydrogen) atoms. The summed E-state index contributed by atoms with van der Waals surface area (Å²) in [5.41, 5.74) is 0. The minimum atomic E-state index is -3.70. The number of carbonyl (C=O) groups is 1. The topological polar surface area (TPSA) is 70.8 Å². The molecule has 1 fully saturated rings. The Hall–Kier alpha value is -2.19. The molecule has 1 aromatic heterocycles. The van der Waals surface area contributed by atoms with Crippen molar-refractivity contribution in [3.8, 4) is 0 Å². The zero-order valence-electron chi connectivity index (χ0n) is 16.0. The molecule has 0 N–H and O–H groups in total. The van der Waals surface area contributed by atoms with E-state index >= 15 is 0 Å². The van der Waals surface area contributed by atoms with Gasteiger partial charge in [-0.05, 0) is 62.6 Å². The minimum absolute atomic E-state index is 0.000944. The van der Waals surface area contributed by atoms with Gasteiger partial charge in [0.05, 0.1) is 17.2 Å². The molecule has 1 unspecified atom stereocenters. The lowest BCUT2D eigenvalue weighted by Gasteiger charge is -2.28. The van der Waals surface area contributed by atoms with Gasteiger partial charge >= 0.3 is 0 Å². The van der Waals surface area contributed by atoms with Crippen LogP contribution in [0.5, 0.6) is 0 Å². The molecule has 1 heterocycles. The quantitative estimate of drug-likeness (QED) is 0.636. The smallest absolute Gasteiger partial charge is 0.242 e. The number of hydrogen-bond donors (Lipinski definition) is 0. The summed E-state index contributed by atoms with van der Waals surface area (Å²) in [5, 5.41) is 0. The Kier molecular flexibility index (Phi) is 6.20. The molecular weight excluding hydrogens is 383 g/mol. The number of carbonyl (C=O) groups excluding carboxylic acids is 1. The fourth-order valence-electron chi connectivity index (χ4n) is 3.24. The van der Waals surface area contributed by atoms with E-state index in [1.54, 1.807) is 12.3 Å². The van der Waals surface area contributed by atoms with E-state index in [9.17, 15) is 17.6 Å². The summed E-state index contributed by atoms with van der Waals surface area (Å²) in [6.07, 6.45) is 4.22. The molecule has 1 aliphatic rings. The van der Waals surface area contributed by atoms with Crippen molar-refractivity contribution < 1.29 is 22.0 Å². The normalized spacial score (nSPS) is 15.6. The van der Waals surface area contributed by atoms with Crippen LogP contribution in [0.3, 0.4) is 0 Å². The standard InChI is InChI=1S/C20H25FN2O4S/c1-15(19-5-4-14-27-19)23(17-9-10-17)20(24)6-3-13-22(2)28(25,26)18-11-7-16(21)8-12-18/h4-5,7-8,11-12,14-15,17H,3,6,9-10,13H2,1-2H3. The van der Waals surface area contributed by atoms with Gasteiger partial charge in [-0.25, -0.2) is 17.1 Å². The van der Waals surface area contributed by atoms with Crippen molar-refractivity contribution in [1.29, 1.82) is 0 Å². The summed E-state index contributed by atoms with van der Waals surface area (Å²) in [6, 6.07) is 8.47. The van der Waals surface area contributed by atoms with Gasteiger partial charge in [0.2, 0.25) is 15.9 Å². The molecule has 152 valence electrons. The number of furan rings is 1. The van der Waals surface area contributed by atoms with E-state index in [4.69, 9.17) is 4.42 Å². The maximum absolute atomic E-state index is 13.0. The second-order valence-electron chi connectivity index (χ2n) is 7.11. The number of nitrogens with zero attached hydrogens (tertiary/aromatic N) is 2. The van der Waals surface area contributed by atoms with Crippen molar-refractivity contribution in [3.05, 3.63) is 54.2 Å². The van der Waals surface area contributed by atoms with Crippen LogP contribution in [0.2, 0.25) is 0 Å². The average molecular weight is 408 g/mol. The lowest BCUT2D eigenvalue weighted by Crippen LogP contribution is -2.36. The average Bonchev–Trinajstić information content (AvgIpc) is 3.33. The van der Waals surface area contributed by atoms with Crippen LogP contribution in [0.15, 0.2) is 52.0 Å². The molecule has 2 aromatic rings. The van der Waals surface area contributed by atoms with Crippen LogP contribution in [0, 0.1) is 5.82 Å². The Bertz CT molecular complexity index is 893. The third-order valence-electron chi connectivity index (χ3n) is 4.99. The number of halogens is 1. The van der Waals surface area contributed by atoms with Crippen LogP contribution >= 0.6 is 0 Å². The van der Waals surface area contributed by atoms with E-state index in [-0.39, 0.29) is 35.9 Å². The number of rotatable bonds is 9. The van der Waals surface area contributed by atoms with Crippen LogP contribution < -0.4 is 0 Å². The van der Waals surface area contributed by atoms with Crippen molar-refractivity contribution in [2.24, 2.45) is 0 Å².